The van der Waals surface area contributed by atoms with Crippen LogP contribution in [0.2, 0.25) is 0 Å². The van der Waals surface area contributed by atoms with E-state index in [4.69, 9.17) is 4.74 Å². The van der Waals surface area contributed by atoms with Gasteiger partial charge in [0.05, 0.1) is 0 Å². The summed E-state index contributed by atoms with van der Waals surface area (Å²) < 4.78 is 5.16. The van der Waals surface area contributed by atoms with Crippen molar-refractivity contribution in [2.75, 3.05) is 13.7 Å². The van der Waals surface area contributed by atoms with E-state index in [0.717, 1.165) is 31.6 Å². The molecule has 0 aliphatic heterocycles. The van der Waals surface area contributed by atoms with Crippen LogP contribution in [0, 0.1) is 0 Å². The third kappa shape index (κ3) is 5.17. The highest BCUT2D eigenvalue weighted by Gasteiger charge is 2.14. The molecule has 0 amide bonds. The van der Waals surface area contributed by atoms with E-state index < -0.39 is 0 Å². The molecule has 0 atom stereocenters. The largest absolute Gasteiger partial charge is 0.377 e. The topological polar surface area (TPSA) is 47.0 Å². The molecule has 1 rings (SSSR count). The minimum absolute atomic E-state index is 0.148. The summed E-state index contributed by atoms with van der Waals surface area (Å²) in [5.41, 5.74) is 3.79. The highest BCUT2D eigenvalue weighted by Crippen LogP contribution is 2.15. The number of aryl methyl sites for hydroxylation is 2. The molecule has 4 nitrogen and oxygen atoms in total. The summed E-state index contributed by atoms with van der Waals surface area (Å²) in [5, 5.41) is 3.53. The maximum Gasteiger partial charge on any atom is 0.154 e. The van der Waals surface area contributed by atoms with Crippen LogP contribution in [0.1, 0.15) is 57.4 Å². The van der Waals surface area contributed by atoms with E-state index in [1.54, 1.807) is 7.11 Å². The number of methoxy groups -OCH3 is 1. The Morgan fingerprint density at radius 3 is 2.00 bits per heavy atom. The molecule has 0 bridgehead atoms. The minimum Gasteiger partial charge on any atom is -0.377 e. The summed E-state index contributed by atoms with van der Waals surface area (Å²) in [7, 11) is 1.68. The summed E-state index contributed by atoms with van der Waals surface area (Å²) in [6, 6.07) is 0. The van der Waals surface area contributed by atoms with Gasteiger partial charge in [0.1, 0.15) is 6.61 Å². The Kier molecular flexibility index (Phi) is 6.56. The molecule has 4 heteroatoms. The van der Waals surface area contributed by atoms with Gasteiger partial charge < -0.3 is 10.1 Å². The smallest absolute Gasteiger partial charge is 0.154 e. The number of hydrogen-bond acceptors (Lipinski definition) is 4. The normalized spacial score (nSPS) is 11.9. The van der Waals surface area contributed by atoms with Crippen molar-refractivity contribution in [2.45, 2.75) is 66.0 Å². The molecule has 0 fully saturated rings. The van der Waals surface area contributed by atoms with Crippen molar-refractivity contribution in [1.29, 1.82) is 0 Å². The third-order valence-electron chi connectivity index (χ3n) is 3.20. The monoisotopic (exact) mass is 279 g/mol. The SMILES string of the molecule is CCc1nc(COC)nc(CC)c1CCNC(C)(C)C. The summed E-state index contributed by atoms with van der Waals surface area (Å²) in [6.45, 7) is 12.3. The molecule has 114 valence electrons. The lowest BCUT2D eigenvalue weighted by Gasteiger charge is -2.21. The van der Waals surface area contributed by atoms with Crippen molar-refractivity contribution < 1.29 is 4.74 Å². The van der Waals surface area contributed by atoms with Crippen molar-refractivity contribution in [3.05, 3.63) is 22.8 Å². The van der Waals surface area contributed by atoms with E-state index in [0.29, 0.717) is 6.61 Å². The molecule has 1 N–H and O–H groups in total. The Balaban J connectivity index is 2.92. The molecule has 0 aromatic carbocycles. The Bertz CT molecular complexity index is 399. The maximum atomic E-state index is 5.16. The molecule has 0 saturated heterocycles. The van der Waals surface area contributed by atoms with Crippen molar-refractivity contribution >= 4 is 0 Å². The highest BCUT2D eigenvalue weighted by molar-refractivity contribution is 5.27. The van der Waals surface area contributed by atoms with Crippen molar-refractivity contribution in [3.63, 3.8) is 0 Å². The second-order valence-electron chi connectivity index (χ2n) is 6.08. The van der Waals surface area contributed by atoms with Crippen LogP contribution in [-0.4, -0.2) is 29.2 Å². The van der Waals surface area contributed by atoms with Crippen LogP contribution < -0.4 is 5.32 Å². The molecule has 0 aliphatic rings. The van der Waals surface area contributed by atoms with Crippen LogP contribution in [0.3, 0.4) is 0 Å². The quantitative estimate of drug-likeness (QED) is 0.833. The molecule has 0 unspecified atom stereocenters. The summed E-state index contributed by atoms with van der Waals surface area (Å²) in [4.78, 5) is 9.28. The molecular weight excluding hydrogens is 250 g/mol. The molecule has 0 spiro atoms. The van der Waals surface area contributed by atoms with Crippen LogP contribution in [0.15, 0.2) is 0 Å². The first-order valence-corrected chi connectivity index (χ1v) is 7.52. The van der Waals surface area contributed by atoms with E-state index in [1.165, 1.54) is 17.0 Å². The van der Waals surface area contributed by atoms with Gasteiger partial charge in [-0.25, -0.2) is 9.97 Å². The van der Waals surface area contributed by atoms with Gasteiger partial charge in [-0.3, -0.25) is 0 Å². The molecule has 1 aromatic heterocycles. The second-order valence-corrected chi connectivity index (χ2v) is 6.08. The molecule has 1 aromatic rings. The zero-order valence-corrected chi connectivity index (χ0v) is 13.8. The summed E-state index contributed by atoms with van der Waals surface area (Å²) >= 11 is 0. The van der Waals surface area contributed by atoms with Crippen LogP contribution in [0.4, 0.5) is 0 Å². The van der Waals surface area contributed by atoms with E-state index in [1.807, 2.05) is 0 Å². The Morgan fingerprint density at radius 1 is 1.05 bits per heavy atom. The van der Waals surface area contributed by atoms with Crippen LogP contribution in [-0.2, 0) is 30.6 Å². The first kappa shape index (κ1) is 17.1. The molecule has 0 saturated carbocycles. The molecule has 0 aliphatic carbocycles. The molecule has 20 heavy (non-hydrogen) atoms. The van der Waals surface area contributed by atoms with Crippen LogP contribution in [0.25, 0.3) is 0 Å². The standard InChI is InChI=1S/C16H29N3O/c1-7-13-12(9-10-17-16(3,4)5)14(8-2)19-15(18-13)11-20-6/h17H,7-11H2,1-6H3. The second kappa shape index (κ2) is 7.70. The van der Waals surface area contributed by atoms with Gasteiger partial charge in [0.15, 0.2) is 5.82 Å². The predicted octanol–water partition coefficient (Wildman–Crippen LogP) is 2.68. The number of nitrogens with zero attached hydrogens (tertiary/aromatic N) is 2. The van der Waals surface area contributed by atoms with E-state index in [-0.39, 0.29) is 5.54 Å². The lowest BCUT2D eigenvalue weighted by atomic mass is 10.0. The zero-order chi connectivity index (χ0) is 15.2. The fourth-order valence-electron chi connectivity index (χ4n) is 2.27. The first-order chi connectivity index (χ1) is 9.41. The van der Waals surface area contributed by atoms with E-state index in [9.17, 15) is 0 Å². The maximum absolute atomic E-state index is 5.16. The number of ether oxygens (including phenoxy) is 1. The van der Waals surface area contributed by atoms with Gasteiger partial charge >= 0.3 is 0 Å². The number of aromatic nitrogens is 2. The number of hydrogen-bond donors (Lipinski definition) is 1. The average molecular weight is 279 g/mol. The van der Waals surface area contributed by atoms with Gasteiger partial charge in [-0.05, 0) is 52.1 Å². The van der Waals surface area contributed by atoms with Gasteiger partial charge in [0.2, 0.25) is 0 Å². The molecular formula is C16H29N3O. The summed E-state index contributed by atoms with van der Waals surface area (Å²) in [5.74, 6) is 0.800. The predicted molar refractivity (Wildman–Crippen MR) is 83.0 cm³/mol. The highest BCUT2D eigenvalue weighted by atomic mass is 16.5. The Hall–Kier alpha value is -1.00. The molecule has 0 radical (unpaired) electrons. The number of nitrogens with one attached hydrogen (secondary N) is 1. The van der Waals surface area contributed by atoms with Gasteiger partial charge in [0.25, 0.3) is 0 Å². The lowest BCUT2D eigenvalue weighted by molar-refractivity contribution is 0.177. The fourth-order valence-corrected chi connectivity index (χ4v) is 2.27. The van der Waals surface area contributed by atoms with Crippen molar-refractivity contribution in [3.8, 4) is 0 Å². The fraction of sp³-hybridized carbons (Fsp3) is 0.750. The van der Waals surface area contributed by atoms with E-state index in [2.05, 4.69) is 49.9 Å². The van der Waals surface area contributed by atoms with Crippen LogP contribution in [0.5, 0.6) is 0 Å². The van der Waals surface area contributed by atoms with Gasteiger partial charge in [-0.15, -0.1) is 0 Å². The first-order valence-electron chi connectivity index (χ1n) is 7.52. The Morgan fingerprint density at radius 2 is 1.60 bits per heavy atom. The van der Waals surface area contributed by atoms with E-state index >= 15 is 0 Å². The van der Waals surface area contributed by atoms with Crippen molar-refractivity contribution in [1.82, 2.24) is 15.3 Å². The van der Waals surface area contributed by atoms with Gasteiger partial charge in [-0.2, -0.15) is 0 Å². The third-order valence-corrected chi connectivity index (χ3v) is 3.20. The summed E-state index contributed by atoms with van der Waals surface area (Å²) in [6.07, 6.45) is 2.87. The van der Waals surface area contributed by atoms with Crippen molar-refractivity contribution in [2.24, 2.45) is 0 Å². The molecule has 1 heterocycles. The minimum atomic E-state index is 0.148. The number of rotatable bonds is 7. The lowest BCUT2D eigenvalue weighted by Crippen LogP contribution is -2.37. The van der Waals surface area contributed by atoms with Gasteiger partial charge in [-0.1, -0.05) is 13.8 Å². The Labute approximate surface area is 123 Å². The zero-order valence-electron chi connectivity index (χ0n) is 13.8. The average Bonchev–Trinajstić information content (AvgIpc) is 2.38. The van der Waals surface area contributed by atoms with Gasteiger partial charge in [0, 0.05) is 24.0 Å². The van der Waals surface area contributed by atoms with Crippen LogP contribution >= 0.6 is 0 Å².